The molecule has 0 amide bonds. The number of rotatable bonds is 2. The topological polar surface area (TPSA) is 62.8 Å². The van der Waals surface area contributed by atoms with Gasteiger partial charge in [0.25, 0.3) is 0 Å². The van der Waals surface area contributed by atoms with Gasteiger partial charge in [0.05, 0.1) is 10.6 Å². The molecule has 1 aliphatic heterocycles. The quantitative estimate of drug-likeness (QED) is 0.791. The summed E-state index contributed by atoms with van der Waals surface area (Å²) in [7, 11) is -3.11. The van der Waals surface area contributed by atoms with Gasteiger partial charge in [-0.15, -0.1) is 0 Å². The number of pyridine rings is 1. The van der Waals surface area contributed by atoms with Gasteiger partial charge in [-0.2, -0.15) is 0 Å². The fraction of sp³-hybridized carbons (Fsp3) is 0.235. The second-order valence-electron chi connectivity index (χ2n) is 5.68. The van der Waals surface area contributed by atoms with E-state index in [1.807, 2.05) is 18.3 Å². The zero-order valence-electron chi connectivity index (χ0n) is 12.3. The Labute approximate surface area is 129 Å². The van der Waals surface area contributed by atoms with Gasteiger partial charge in [-0.1, -0.05) is 19.1 Å². The minimum Gasteiger partial charge on any atom is -0.346 e. The monoisotopic (exact) mass is 312 g/mol. The lowest BCUT2D eigenvalue weighted by atomic mass is 10.0. The summed E-state index contributed by atoms with van der Waals surface area (Å²) in [4.78, 5) is 8.10. The Morgan fingerprint density at radius 1 is 1.23 bits per heavy atom. The number of hydrogen-bond donors (Lipinski definition) is 1. The molecule has 2 aromatic heterocycles. The molecule has 0 saturated carbocycles. The molecule has 0 radical (unpaired) electrons. The third kappa shape index (κ3) is 1.96. The third-order valence-electron chi connectivity index (χ3n) is 4.37. The normalized spacial score (nSPS) is 16.0. The van der Waals surface area contributed by atoms with Crippen LogP contribution in [0.2, 0.25) is 0 Å². The summed E-state index contributed by atoms with van der Waals surface area (Å²) in [5.74, 6) is 0.223. The molecule has 3 heterocycles. The van der Waals surface area contributed by atoms with E-state index in [1.54, 1.807) is 12.3 Å². The number of H-pyrrole nitrogens is 1. The first kappa shape index (κ1) is 13.5. The molecule has 1 N–H and O–H groups in total. The molecule has 3 aromatic rings. The lowest BCUT2D eigenvalue weighted by Crippen LogP contribution is -1.98. The Balaban J connectivity index is 1.89. The molecule has 4 nitrogen and oxygen atoms in total. The highest BCUT2D eigenvalue weighted by molar-refractivity contribution is 7.91. The van der Waals surface area contributed by atoms with Gasteiger partial charge in [0, 0.05) is 23.3 Å². The van der Waals surface area contributed by atoms with Crippen molar-refractivity contribution in [1.29, 1.82) is 0 Å². The van der Waals surface area contributed by atoms with E-state index in [4.69, 9.17) is 0 Å². The number of nitrogens with one attached hydrogen (secondary N) is 1. The largest absolute Gasteiger partial charge is 0.346 e. The second-order valence-corrected chi connectivity index (χ2v) is 7.76. The Morgan fingerprint density at radius 3 is 2.91 bits per heavy atom. The predicted molar refractivity (Wildman–Crippen MR) is 86.7 cm³/mol. The number of benzene rings is 1. The highest BCUT2D eigenvalue weighted by Crippen LogP contribution is 2.32. The summed E-state index contributed by atoms with van der Waals surface area (Å²) in [6.45, 7) is 2.11. The van der Waals surface area contributed by atoms with Crippen LogP contribution in [0.5, 0.6) is 0 Å². The fourth-order valence-corrected chi connectivity index (χ4v) is 4.68. The summed E-state index contributed by atoms with van der Waals surface area (Å²) < 4.78 is 24.2. The summed E-state index contributed by atoms with van der Waals surface area (Å²) in [6, 6.07) is 7.79. The van der Waals surface area contributed by atoms with E-state index in [0.29, 0.717) is 11.3 Å². The van der Waals surface area contributed by atoms with E-state index in [2.05, 4.69) is 23.0 Å². The van der Waals surface area contributed by atoms with Crippen molar-refractivity contribution in [2.24, 2.45) is 0 Å². The van der Waals surface area contributed by atoms with Crippen molar-refractivity contribution in [2.75, 3.05) is 5.75 Å². The zero-order chi connectivity index (χ0) is 15.3. The highest BCUT2D eigenvalue weighted by Gasteiger charge is 2.26. The van der Waals surface area contributed by atoms with E-state index < -0.39 is 9.84 Å². The Morgan fingerprint density at radius 2 is 2.09 bits per heavy atom. The first-order valence-corrected chi connectivity index (χ1v) is 9.06. The SMILES string of the molecule is CCc1c[nH]c2ncc(-c3ccc4c(c3)S(=O)(=O)CC4)cc12. The molecule has 0 saturated heterocycles. The van der Waals surface area contributed by atoms with Crippen molar-refractivity contribution in [3.8, 4) is 11.1 Å². The van der Waals surface area contributed by atoms with Crippen molar-refractivity contribution in [3.63, 3.8) is 0 Å². The number of sulfone groups is 1. The summed E-state index contributed by atoms with van der Waals surface area (Å²) >= 11 is 0. The molecule has 1 aromatic carbocycles. The Bertz CT molecular complexity index is 987. The van der Waals surface area contributed by atoms with Crippen LogP contribution in [0.1, 0.15) is 18.1 Å². The van der Waals surface area contributed by atoms with Gasteiger partial charge >= 0.3 is 0 Å². The van der Waals surface area contributed by atoms with Gasteiger partial charge < -0.3 is 4.98 Å². The van der Waals surface area contributed by atoms with Crippen LogP contribution in [-0.4, -0.2) is 24.1 Å². The number of nitrogens with zero attached hydrogens (tertiary/aromatic N) is 1. The maximum atomic E-state index is 12.1. The van der Waals surface area contributed by atoms with Crippen molar-refractivity contribution >= 4 is 20.9 Å². The second kappa shape index (κ2) is 4.68. The van der Waals surface area contributed by atoms with Crippen LogP contribution in [0.15, 0.2) is 41.6 Å². The van der Waals surface area contributed by atoms with Crippen LogP contribution in [0.4, 0.5) is 0 Å². The first-order chi connectivity index (χ1) is 10.6. The predicted octanol–water partition coefficient (Wildman–Crippen LogP) is 3.12. The third-order valence-corrected chi connectivity index (χ3v) is 6.17. The molecule has 4 rings (SSSR count). The van der Waals surface area contributed by atoms with Crippen molar-refractivity contribution in [2.45, 2.75) is 24.7 Å². The average molecular weight is 312 g/mol. The molecule has 0 unspecified atom stereocenters. The fourth-order valence-electron chi connectivity index (χ4n) is 3.09. The molecular formula is C17H16N2O2S. The van der Waals surface area contributed by atoms with E-state index >= 15 is 0 Å². The number of hydrogen-bond acceptors (Lipinski definition) is 3. The van der Waals surface area contributed by atoms with Gasteiger partial charge in [0.1, 0.15) is 5.65 Å². The lowest BCUT2D eigenvalue weighted by Gasteiger charge is -2.05. The van der Waals surface area contributed by atoms with Crippen LogP contribution in [0, 0.1) is 0 Å². The molecule has 5 heteroatoms. The number of fused-ring (bicyclic) bond motifs is 2. The lowest BCUT2D eigenvalue weighted by molar-refractivity contribution is 0.600. The van der Waals surface area contributed by atoms with Gasteiger partial charge in [0.15, 0.2) is 9.84 Å². The minimum atomic E-state index is -3.11. The Hall–Kier alpha value is -2.14. The molecule has 1 aliphatic rings. The Kier molecular flexibility index (Phi) is 2.87. The summed E-state index contributed by atoms with van der Waals surface area (Å²) in [5, 5.41) is 1.10. The zero-order valence-corrected chi connectivity index (χ0v) is 13.1. The van der Waals surface area contributed by atoms with Gasteiger partial charge in [0.2, 0.25) is 0 Å². The number of aryl methyl sites for hydroxylation is 2. The molecule has 0 bridgehead atoms. The molecule has 0 aliphatic carbocycles. The van der Waals surface area contributed by atoms with E-state index in [-0.39, 0.29) is 5.75 Å². The standard InChI is InChI=1S/C17H16N2O2S/c1-2-11-9-18-17-15(11)7-14(10-19-17)13-4-3-12-5-6-22(20,21)16(12)8-13/h3-4,7-10H,2,5-6H2,1H3,(H,18,19). The van der Waals surface area contributed by atoms with Crippen LogP contribution in [0.3, 0.4) is 0 Å². The van der Waals surface area contributed by atoms with Crippen LogP contribution in [0.25, 0.3) is 22.2 Å². The van der Waals surface area contributed by atoms with Crippen molar-refractivity contribution in [1.82, 2.24) is 9.97 Å². The minimum absolute atomic E-state index is 0.223. The molecule has 22 heavy (non-hydrogen) atoms. The van der Waals surface area contributed by atoms with Crippen molar-refractivity contribution in [3.05, 3.63) is 47.8 Å². The first-order valence-electron chi connectivity index (χ1n) is 7.40. The maximum absolute atomic E-state index is 12.1. The molecule has 0 fully saturated rings. The highest BCUT2D eigenvalue weighted by atomic mass is 32.2. The molecule has 112 valence electrons. The molecule has 0 spiro atoms. The van der Waals surface area contributed by atoms with Crippen molar-refractivity contribution < 1.29 is 8.42 Å². The van der Waals surface area contributed by atoms with Gasteiger partial charge in [-0.05, 0) is 41.7 Å². The van der Waals surface area contributed by atoms with E-state index in [0.717, 1.165) is 34.1 Å². The maximum Gasteiger partial charge on any atom is 0.178 e. The summed E-state index contributed by atoms with van der Waals surface area (Å²) in [6.07, 6.45) is 5.33. The summed E-state index contributed by atoms with van der Waals surface area (Å²) in [5.41, 5.74) is 4.87. The van der Waals surface area contributed by atoms with Crippen LogP contribution < -0.4 is 0 Å². The smallest absolute Gasteiger partial charge is 0.178 e. The van der Waals surface area contributed by atoms with Gasteiger partial charge in [-0.25, -0.2) is 13.4 Å². The number of aromatic nitrogens is 2. The van der Waals surface area contributed by atoms with E-state index in [9.17, 15) is 8.42 Å². The van der Waals surface area contributed by atoms with E-state index in [1.165, 1.54) is 5.56 Å². The number of aromatic amines is 1. The molecular weight excluding hydrogens is 296 g/mol. The average Bonchev–Trinajstić information content (AvgIpc) is 3.07. The van der Waals surface area contributed by atoms with Gasteiger partial charge in [-0.3, -0.25) is 0 Å². The molecule has 0 atom stereocenters. The van der Waals surface area contributed by atoms with Crippen LogP contribution in [-0.2, 0) is 22.7 Å². The van der Waals surface area contributed by atoms with Crippen LogP contribution >= 0.6 is 0 Å².